The summed E-state index contributed by atoms with van der Waals surface area (Å²) in [6, 6.07) is 7.39. The summed E-state index contributed by atoms with van der Waals surface area (Å²) in [4.78, 5) is 11.1. The van der Waals surface area contributed by atoms with Gasteiger partial charge in [-0.15, -0.1) is 0 Å². The van der Waals surface area contributed by atoms with Gasteiger partial charge in [-0.2, -0.15) is 11.8 Å². The number of rotatable bonds is 2. The Kier molecular flexibility index (Phi) is 3.31. The van der Waals surface area contributed by atoms with E-state index in [4.69, 9.17) is 5.11 Å². The Morgan fingerprint density at radius 3 is 2.87 bits per heavy atom. The smallest absolute Gasteiger partial charge is 0.335 e. The molecule has 1 heterocycles. The number of carboxylic acids is 1. The quantitative estimate of drug-likeness (QED) is 0.835. The Hall–Kier alpha value is -0.960. The highest BCUT2D eigenvalue weighted by molar-refractivity contribution is 7.99. The highest BCUT2D eigenvalue weighted by atomic mass is 32.2. The molecule has 0 amide bonds. The number of hydrogen-bond donors (Lipinski definition) is 1. The minimum absolute atomic E-state index is 0.427. The number of carboxylic acid groups (broad SMARTS) is 1. The summed E-state index contributed by atoms with van der Waals surface area (Å²) in [5.41, 5.74) is 1.49. The third-order valence-corrected chi connectivity index (χ3v) is 4.01. The molecule has 3 heteroatoms. The highest BCUT2D eigenvalue weighted by Gasteiger charge is 2.20. The molecule has 0 aliphatic carbocycles. The molecule has 80 valence electrons. The van der Waals surface area contributed by atoms with Crippen LogP contribution in [0.15, 0.2) is 24.3 Å². The Morgan fingerprint density at radius 1 is 1.40 bits per heavy atom. The van der Waals surface area contributed by atoms with E-state index in [-0.39, 0.29) is 0 Å². The average Bonchev–Trinajstić information content (AvgIpc) is 2.30. The Morgan fingerprint density at radius 2 is 2.20 bits per heavy atom. The van der Waals surface area contributed by atoms with Crippen molar-refractivity contribution in [1.82, 2.24) is 0 Å². The van der Waals surface area contributed by atoms with Crippen molar-refractivity contribution in [2.75, 3.05) is 11.5 Å². The zero-order valence-corrected chi connectivity index (χ0v) is 9.30. The van der Waals surface area contributed by atoms with Gasteiger partial charge in [0.1, 0.15) is 0 Å². The predicted molar refractivity (Wildman–Crippen MR) is 62.7 cm³/mol. The van der Waals surface area contributed by atoms with E-state index in [0.717, 1.165) is 17.7 Å². The number of hydrogen-bond acceptors (Lipinski definition) is 2. The van der Waals surface area contributed by atoms with Crippen LogP contribution in [-0.4, -0.2) is 22.6 Å². The van der Waals surface area contributed by atoms with Crippen molar-refractivity contribution in [2.24, 2.45) is 0 Å². The Labute approximate surface area is 93.7 Å². The van der Waals surface area contributed by atoms with Crippen molar-refractivity contribution in [1.29, 1.82) is 0 Å². The first kappa shape index (κ1) is 10.6. The van der Waals surface area contributed by atoms with Crippen molar-refractivity contribution in [3.05, 3.63) is 35.4 Å². The van der Waals surface area contributed by atoms with Gasteiger partial charge in [-0.25, -0.2) is 4.79 Å². The van der Waals surface area contributed by atoms with Gasteiger partial charge < -0.3 is 5.11 Å². The van der Waals surface area contributed by atoms with Gasteiger partial charge in [0.15, 0.2) is 0 Å². The first-order chi connectivity index (χ1) is 7.29. The SMILES string of the molecule is O=C(O)c1ccccc1C1CCCSC1. The molecule has 0 radical (unpaired) electrons. The fourth-order valence-corrected chi connectivity index (χ4v) is 3.20. The first-order valence-electron chi connectivity index (χ1n) is 5.19. The second-order valence-corrected chi connectivity index (χ2v) is 4.96. The molecule has 15 heavy (non-hydrogen) atoms. The molecule has 0 aromatic heterocycles. The summed E-state index contributed by atoms with van der Waals surface area (Å²) in [6.45, 7) is 0. The second kappa shape index (κ2) is 4.71. The summed E-state index contributed by atoms with van der Waals surface area (Å²) in [7, 11) is 0. The zero-order chi connectivity index (χ0) is 10.7. The molecule has 0 spiro atoms. The van der Waals surface area contributed by atoms with Crippen LogP contribution in [0.25, 0.3) is 0 Å². The molecule has 1 aromatic carbocycles. The topological polar surface area (TPSA) is 37.3 Å². The maximum atomic E-state index is 11.1. The van der Waals surface area contributed by atoms with Crippen LogP contribution in [0, 0.1) is 0 Å². The molecule has 1 N–H and O–H groups in total. The molecule has 1 aliphatic rings. The summed E-state index contributed by atoms with van der Waals surface area (Å²) in [5.74, 6) is 1.90. The van der Waals surface area contributed by atoms with Crippen molar-refractivity contribution in [2.45, 2.75) is 18.8 Å². The van der Waals surface area contributed by atoms with Crippen LogP contribution >= 0.6 is 11.8 Å². The molecule has 1 saturated heterocycles. The Balaban J connectivity index is 2.29. The number of thioether (sulfide) groups is 1. The summed E-state index contributed by atoms with van der Waals surface area (Å²) < 4.78 is 0. The summed E-state index contributed by atoms with van der Waals surface area (Å²) in [6.07, 6.45) is 2.32. The van der Waals surface area contributed by atoms with Gasteiger partial charge in [0.25, 0.3) is 0 Å². The number of carbonyl (C=O) groups is 1. The zero-order valence-electron chi connectivity index (χ0n) is 8.48. The first-order valence-corrected chi connectivity index (χ1v) is 6.34. The van der Waals surface area contributed by atoms with E-state index in [1.807, 2.05) is 23.9 Å². The van der Waals surface area contributed by atoms with Crippen LogP contribution in [0.4, 0.5) is 0 Å². The fourth-order valence-electron chi connectivity index (χ4n) is 2.03. The standard InChI is InChI=1S/C12H14O2S/c13-12(14)11-6-2-1-5-10(11)9-4-3-7-15-8-9/h1-2,5-6,9H,3-4,7-8H2,(H,13,14). The van der Waals surface area contributed by atoms with Crippen LogP contribution in [0.2, 0.25) is 0 Å². The van der Waals surface area contributed by atoms with Gasteiger partial charge in [-0.05, 0) is 36.1 Å². The number of aromatic carboxylic acids is 1. The summed E-state index contributed by atoms with van der Waals surface area (Å²) >= 11 is 1.93. The van der Waals surface area contributed by atoms with Gasteiger partial charge in [0.05, 0.1) is 5.56 Å². The van der Waals surface area contributed by atoms with Crippen molar-refractivity contribution >= 4 is 17.7 Å². The Bertz CT molecular complexity index is 356. The lowest BCUT2D eigenvalue weighted by Gasteiger charge is -2.22. The highest BCUT2D eigenvalue weighted by Crippen LogP contribution is 2.32. The van der Waals surface area contributed by atoms with E-state index in [1.54, 1.807) is 12.1 Å². The van der Waals surface area contributed by atoms with Gasteiger partial charge in [-0.1, -0.05) is 18.2 Å². The van der Waals surface area contributed by atoms with Crippen LogP contribution in [0.1, 0.15) is 34.7 Å². The summed E-state index contributed by atoms with van der Waals surface area (Å²) in [5, 5.41) is 9.09. The number of benzene rings is 1. The lowest BCUT2D eigenvalue weighted by molar-refractivity contribution is 0.0695. The van der Waals surface area contributed by atoms with Gasteiger partial charge >= 0.3 is 5.97 Å². The lowest BCUT2D eigenvalue weighted by atomic mass is 9.92. The van der Waals surface area contributed by atoms with E-state index in [0.29, 0.717) is 11.5 Å². The van der Waals surface area contributed by atoms with E-state index in [2.05, 4.69) is 0 Å². The molecule has 1 fully saturated rings. The van der Waals surface area contributed by atoms with Crippen LogP contribution < -0.4 is 0 Å². The van der Waals surface area contributed by atoms with Gasteiger partial charge in [0.2, 0.25) is 0 Å². The minimum Gasteiger partial charge on any atom is -0.478 e. The van der Waals surface area contributed by atoms with Crippen LogP contribution in [0.5, 0.6) is 0 Å². The molecule has 2 nitrogen and oxygen atoms in total. The molecular weight excluding hydrogens is 208 g/mol. The van der Waals surface area contributed by atoms with Crippen molar-refractivity contribution in [3.8, 4) is 0 Å². The largest absolute Gasteiger partial charge is 0.478 e. The lowest BCUT2D eigenvalue weighted by Crippen LogP contribution is -2.13. The maximum Gasteiger partial charge on any atom is 0.335 e. The van der Waals surface area contributed by atoms with E-state index in [1.165, 1.54) is 12.2 Å². The molecule has 0 saturated carbocycles. The molecule has 1 atom stereocenters. The fraction of sp³-hybridized carbons (Fsp3) is 0.417. The maximum absolute atomic E-state index is 11.1. The predicted octanol–water partition coefficient (Wildman–Crippen LogP) is 3.00. The second-order valence-electron chi connectivity index (χ2n) is 3.81. The average molecular weight is 222 g/mol. The van der Waals surface area contributed by atoms with E-state index >= 15 is 0 Å². The minimum atomic E-state index is -0.804. The molecule has 0 bridgehead atoms. The normalized spacial score (nSPS) is 21.2. The van der Waals surface area contributed by atoms with E-state index in [9.17, 15) is 4.79 Å². The molecule has 2 rings (SSSR count). The van der Waals surface area contributed by atoms with Gasteiger partial charge in [0, 0.05) is 5.75 Å². The third kappa shape index (κ3) is 2.34. The molecule has 1 aliphatic heterocycles. The molecular formula is C12H14O2S. The van der Waals surface area contributed by atoms with E-state index < -0.39 is 5.97 Å². The van der Waals surface area contributed by atoms with Crippen LogP contribution in [0.3, 0.4) is 0 Å². The third-order valence-electron chi connectivity index (χ3n) is 2.79. The molecule has 1 unspecified atom stereocenters. The monoisotopic (exact) mass is 222 g/mol. The van der Waals surface area contributed by atoms with Crippen LogP contribution in [-0.2, 0) is 0 Å². The van der Waals surface area contributed by atoms with Gasteiger partial charge in [-0.3, -0.25) is 0 Å². The van der Waals surface area contributed by atoms with Crippen molar-refractivity contribution in [3.63, 3.8) is 0 Å². The van der Waals surface area contributed by atoms with Crippen molar-refractivity contribution < 1.29 is 9.90 Å². The molecule has 1 aromatic rings.